The summed E-state index contributed by atoms with van der Waals surface area (Å²) in [6.45, 7) is 2.67. The minimum Gasteiger partial charge on any atom is -0.493 e. The number of imidazole rings is 1. The van der Waals surface area contributed by atoms with Gasteiger partial charge in [-0.3, -0.25) is 4.79 Å². The average Bonchev–Trinajstić information content (AvgIpc) is 3.07. The highest BCUT2D eigenvalue weighted by atomic mass is 32.2. The van der Waals surface area contributed by atoms with Crippen LogP contribution in [0.2, 0.25) is 0 Å². The summed E-state index contributed by atoms with van der Waals surface area (Å²) < 4.78 is 13.0. The van der Waals surface area contributed by atoms with E-state index >= 15 is 0 Å². The van der Waals surface area contributed by atoms with E-state index in [0.717, 1.165) is 28.2 Å². The first-order chi connectivity index (χ1) is 14.1. The van der Waals surface area contributed by atoms with Crippen molar-refractivity contribution in [3.8, 4) is 11.5 Å². The molecule has 0 aliphatic heterocycles. The van der Waals surface area contributed by atoms with E-state index in [1.54, 1.807) is 13.3 Å². The maximum Gasteiger partial charge on any atom is 0.250 e. The van der Waals surface area contributed by atoms with Gasteiger partial charge in [0.2, 0.25) is 0 Å². The second-order valence-corrected chi connectivity index (χ2v) is 7.23. The molecular formula is C21H24N4O3S. The third-order valence-electron chi connectivity index (χ3n) is 4.13. The number of nitrogens with zero attached hydrogens (tertiary/aromatic N) is 3. The van der Waals surface area contributed by atoms with E-state index in [0.29, 0.717) is 18.1 Å². The van der Waals surface area contributed by atoms with Crippen LogP contribution in [0.4, 0.5) is 0 Å². The molecule has 1 N–H and O–H groups in total. The number of ether oxygens (including phenoxy) is 2. The van der Waals surface area contributed by atoms with Crippen LogP contribution in [0, 0.1) is 0 Å². The Morgan fingerprint density at radius 2 is 2.10 bits per heavy atom. The van der Waals surface area contributed by atoms with E-state index in [9.17, 15) is 4.79 Å². The lowest BCUT2D eigenvalue weighted by atomic mass is 10.2. The van der Waals surface area contributed by atoms with E-state index in [1.807, 2.05) is 61.0 Å². The van der Waals surface area contributed by atoms with E-state index in [2.05, 4.69) is 15.5 Å². The van der Waals surface area contributed by atoms with Crippen molar-refractivity contribution in [2.75, 3.05) is 19.5 Å². The molecule has 0 saturated carbocycles. The number of carbonyl (C=O) groups is 1. The summed E-state index contributed by atoms with van der Waals surface area (Å²) in [4.78, 5) is 16.6. The van der Waals surface area contributed by atoms with Gasteiger partial charge in [-0.2, -0.15) is 5.10 Å². The van der Waals surface area contributed by atoms with Crippen molar-refractivity contribution in [2.45, 2.75) is 18.5 Å². The average molecular weight is 413 g/mol. The van der Waals surface area contributed by atoms with Crippen molar-refractivity contribution in [2.24, 2.45) is 12.1 Å². The summed E-state index contributed by atoms with van der Waals surface area (Å²) in [5, 5.41) is 4.81. The number of rotatable bonds is 9. The van der Waals surface area contributed by atoms with Gasteiger partial charge in [-0.1, -0.05) is 30.8 Å². The van der Waals surface area contributed by atoms with Crippen LogP contribution in [0.3, 0.4) is 0 Å². The van der Waals surface area contributed by atoms with Crippen molar-refractivity contribution in [3.05, 3.63) is 48.0 Å². The fourth-order valence-corrected chi connectivity index (χ4v) is 3.47. The highest BCUT2D eigenvalue weighted by Crippen LogP contribution is 2.27. The standard InChI is InChI=1S/C21H24N4O3S/c1-4-11-28-18-10-9-15(12-19(18)27-3)13-22-24-20(26)14-29-21-23-16-7-5-6-8-17(16)25(21)2/h5-10,12-13H,4,11,14H2,1-3H3,(H,24,26)/b22-13-. The number of para-hydroxylation sites is 2. The zero-order chi connectivity index (χ0) is 20.6. The molecule has 1 heterocycles. The van der Waals surface area contributed by atoms with Gasteiger partial charge < -0.3 is 14.0 Å². The number of aromatic nitrogens is 2. The molecule has 0 unspecified atom stereocenters. The van der Waals surface area contributed by atoms with Crippen LogP contribution in [0.25, 0.3) is 11.0 Å². The first kappa shape index (κ1) is 20.7. The minimum absolute atomic E-state index is 0.201. The van der Waals surface area contributed by atoms with Crippen LogP contribution in [0.5, 0.6) is 11.5 Å². The molecule has 3 rings (SSSR count). The minimum atomic E-state index is -0.201. The van der Waals surface area contributed by atoms with Gasteiger partial charge in [0, 0.05) is 7.05 Å². The second-order valence-electron chi connectivity index (χ2n) is 6.28. The smallest absolute Gasteiger partial charge is 0.250 e. The monoisotopic (exact) mass is 412 g/mol. The van der Waals surface area contributed by atoms with E-state index in [4.69, 9.17) is 9.47 Å². The van der Waals surface area contributed by atoms with Gasteiger partial charge in [0.25, 0.3) is 5.91 Å². The van der Waals surface area contributed by atoms with Crippen molar-refractivity contribution >= 4 is 34.9 Å². The van der Waals surface area contributed by atoms with Gasteiger partial charge in [-0.25, -0.2) is 10.4 Å². The molecule has 0 aliphatic rings. The summed E-state index contributed by atoms with van der Waals surface area (Å²) >= 11 is 1.37. The predicted octanol–water partition coefficient (Wildman–Crippen LogP) is 3.61. The molecule has 1 aromatic heterocycles. The highest BCUT2D eigenvalue weighted by Gasteiger charge is 2.10. The predicted molar refractivity (Wildman–Crippen MR) is 116 cm³/mol. The lowest BCUT2D eigenvalue weighted by molar-refractivity contribution is -0.118. The number of hydrogen-bond acceptors (Lipinski definition) is 6. The molecule has 29 heavy (non-hydrogen) atoms. The SMILES string of the molecule is CCCOc1ccc(/C=N\NC(=O)CSc2nc3ccccc3n2C)cc1OC. The van der Waals surface area contributed by atoms with Gasteiger partial charge in [-0.05, 0) is 42.3 Å². The largest absolute Gasteiger partial charge is 0.493 e. The molecular weight excluding hydrogens is 388 g/mol. The number of carbonyl (C=O) groups excluding carboxylic acids is 1. The number of hydrazone groups is 1. The number of benzene rings is 2. The number of hydrogen-bond donors (Lipinski definition) is 1. The van der Waals surface area contributed by atoms with E-state index in [1.165, 1.54) is 11.8 Å². The number of fused-ring (bicyclic) bond motifs is 1. The molecule has 152 valence electrons. The summed E-state index contributed by atoms with van der Waals surface area (Å²) in [6.07, 6.45) is 2.49. The molecule has 0 radical (unpaired) electrons. The Kier molecular flexibility index (Phi) is 7.13. The zero-order valence-corrected chi connectivity index (χ0v) is 17.5. The summed E-state index contributed by atoms with van der Waals surface area (Å²) in [6, 6.07) is 13.4. The zero-order valence-electron chi connectivity index (χ0n) is 16.7. The first-order valence-corrected chi connectivity index (χ1v) is 10.3. The maximum atomic E-state index is 12.1. The summed E-state index contributed by atoms with van der Waals surface area (Å²) in [5.74, 6) is 1.34. The fraction of sp³-hybridized carbons (Fsp3) is 0.286. The van der Waals surface area contributed by atoms with Gasteiger partial charge >= 0.3 is 0 Å². The molecule has 0 atom stereocenters. The highest BCUT2D eigenvalue weighted by molar-refractivity contribution is 7.99. The lowest BCUT2D eigenvalue weighted by Gasteiger charge is -2.10. The molecule has 1 amide bonds. The van der Waals surface area contributed by atoms with Crippen LogP contribution < -0.4 is 14.9 Å². The summed E-state index contributed by atoms with van der Waals surface area (Å²) in [7, 11) is 3.53. The maximum absolute atomic E-state index is 12.1. The van der Waals surface area contributed by atoms with E-state index in [-0.39, 0.29) is 11.7 Å². The van der Waals surface area contributed by atoms with Gasteiger partial charge in [-0.15, -0.1) is 0 Å². The Morgan fingerprint density at radius 3 is 2.86 bits per heavy atom. The van der Waals surface area contributed by atoms with Crippen molar-refractivity contribution in [3.63, 3.8) is 0 Å². The first-order valence-electron chi connectivity index (χ1n) is 9.29. The van der Waals surface area contributed by atoms with Crippen LogP contribution in [0.15, 0.2) is 52.7 Å². The van der Waals surface area contributed by atoms with Crippen LogP contribution >= 0.6 is 11.8 Å². The Morgan fingerprint density at radius 1 is 1.28 bits per heavy atom. The second kappa shape index (κ2) is 9.97. The van der Waals surface area contributed by atoms with Crippen molar-refractivity contribution < 1.29 is 14.3 Å². The molecule has 0 fully saturated rings. The topological polar surface area (TPSA) is 77.7 Å². The van der Waals surface area contributed by atoms with Crippen LogP contribution in [-0.4, -0.2) is 41.1 Å². The van der Waals surface area contributed by atoms with Gasteiger partial charge in [0.1, 0.15) is 0 Å². The molecule has 7 nitrogen and oxygen atoms in total. The van der Waals surface area contributed by atoms with Gasteiger partial charge in [0.05, 0.1) is 36.7 Å². The molecule has 0 aliphatic carbocycles. The molecule has 0 spiro atoms. The lowest BCUT2D eigenvalue weighted by Crippen LogP contribution is -2.19. The fourth-order valence-electron chi connectivity index (χ4n) is 2.69. The third kappa shape index (κ3) is 5.29. The van der Waals surface area contributed by atoms with E-state index < -0.39 is 0 Å². The van der Waals surface area contributed by atoms with Gasteiger partial charge in [0.15, 0.2) is 16.7 Å². The summed E-state index contributed by atoms with van der Waals surface area (Å²) in [5.41, 5.74) is 5.29. The van der Waals surface area contributed by atoms with Crippen LogP contribution in [0.1, 0.15) is 18.9 Å². The normalized spacial score (nSPS) is 11.1. The number of aryl methyl sites for hydroxylation is 1. The van der Waals surface area contributed by atoms with Crippen molar-refractivity contribution in [1.29, 1.82) is 0 Å². The Labute approximate surface area is 174 Å². The molecule has 3 aromatic rings. The number of nitrogens with one attached hydrogen (secondary N) is 1. The number of thioether (sulfide) groups is 1. The quantitative estimate of drug-likeness (QED) is 0.330. The molecule has 0 saturated heterocycles. The molecule has 2 aromatic carbocycles. The number of methoxy groups -OCH3 is 1. The van der Waals surface area contributed by atoms with Crippen LogP contribution in [-0.2, 0) is 11.8 Å². The Balaban J connectivity index is 1.54. The Hall–Kier alpha value is -3.00. The van der Waals surface area contributed by atoms with Crippen molar-refractivity contribution in [1.82, 2.24) is 15.0 Å². The molecule has 0 bridgehead atoms. The Bertz CT molecular complexity index is 1020. The molecule has 8 heteroatoms. The third-order valence-corrected chi connectivity index (χ3v) is 5.16. The number of amides is 1.